The number of aliphatic hydroxyl groups is 1. The molecule has 0 spiro atoms. The fourth-order valence-corrected chi connectivity index (χ4v) is 10.2. The molecule has 1 N–H and O–H groups in total. The molecule has 0 saturated heterocycles. The summed E-state index contributed by atoms with van der Waals surface area (Å²) in [6.45, 7) is 8.03. The minimum absolute atomic E-state index is 0.443. The zero-order valence-electron chi connectivity index (χ0n) is 43.2. The average molecular weight is 1010 g/mol. The lowest BCUT2D eigenvalue weighted by atomic mass is 9.91. The standard InChI is InChI=1S/C70H53N7O/c1-70(2,78)61-36-18-19-37-64(61)77-62-40-38-53(51-30-20-32-55(42-51)66(72-46-47-22-8-4-9-23-47)73-65(71-3)48-24-10-5-11-25-48)44-59(62)57-34-16-17-35-58(57)60-45-54(39-41-63(60)77)52-31-21-33-56(43-52)69-75-67(49-26-12-6-13-27-49)74-68(76-69)50-28-14-7-15-29-50/h4-45,78H,3,46H2,1-2H3/b72-66-,73-65-. The molecule has 78 heavy (non-hydrogen) atoms. The predicted molar refractivity (Wildman–Crippen MR) is 321 cm³/mol. The molecule has 1 aromatic heterocycles. The van der Waals surface area contributed by atoms with Gasteiger partial charge in [-0.1, -0.05) is 212 Å². The Balaban J connectivity index is 0.994. The third-order valence-corrected chi connectivity index (χ3v) is 14.0. The molecule has 0 saturated carbocycles. The van der Waals surface area contributed by atoms with Crippen molar-refractivity contribution in [2.45, 2.75) is 26.0 Å². The van der Waals surface area contributed by atoms with Gasteiger partial charge in [-0.2, -0.15) is 0 Å². The quantitative estimate of drug-likeness (QED) is 0.103. The molecule has 0 atom stereocenters. The van der Waals surface area contributed by atoms with Crippen LogP contribution in [0.15, 0.2) is 270 Å². The molecule has 0 bridgehead atoms. The maximum Gasteiger partial charge on any atom is 0.164 e. The molecule has 0 aliphatic carbocycles. The Morgan fingerprint density at radius 2 is 0.859 bits per heavy atom. The lowest BCUT2D eigenvalue weighted by Gasteiger charge is -2.32. The van der Waals surface area contributed by atoms with Crippen LogP contribution in [0, 0.1) is 0 Å². The summed E-state index contributed by atoms with van der Waals surface area (Å²) < 4.78 is 0. The van der Waals surface area contributed by atoms with E-state index in [1.54, 1.807) is 0 Å². The second kappa shape index (κ2) is 21.3. The minimum atomic E-state index is -1.16. The highest BCUT2D eigenvalue weighted by Gasteiger charge is 2.31. The third-order valence-electron chi connectivity index (χ3n) is 14.0. The number of hydrogen-bond donors (Lipinski definition) is 1. The molecule has 374 valence electrons. The molecule has 10 aromatic carbocycles. The zero-order valence-corrected chi connectivity index (χ0v) is 43.2. The number of anilines is 3. The number of aliphatic imine (C=N–C) groups is 3. The van der Waals surface area contributed by atoms with Gasteiger partial charge < -0.3 is 10.0 Å². The molecule has 12 rings (SSSR count). The van der Waals surface area contributed by atoms with Crippen LogP contribution in [0.4, 0.5) is 17.1 Å². The van der Waals surface area contributed by atoms with E-state index in [9.17, 15) is 5.11 Å². The molecule has 2 heterocycles. The van der Waals surface area contributed by atoms with Gasteiger partial charge in [-0.05, 0) is 102 Å². The summed E-state index contributed by atoms with van der Waals surface area (Å²) in [5, 5.41) is 11.8. The Kier molecular flexibility index (Phi) is 13.4. The smallest absolute Gasteiger partial charge is 0.164 e. The molecule has 1 aliphatic heterocycles. The molecule has 0 fully saturated rings. The second-order valence-electron chi connectivity index (χ2n) is 19.7. The van der Waals surface area contributed by atoms with E-state index in [0.717, 1.165) is 101 Å². The number of hydrogen-bond acceptors (Lipinski definition) is 6. The fraction of sp³-hybridized carbons (Fsp3) is 0.0571. The zero-order chi connectivity index (χ0) is 53.0. The van der Waals surface area contributed by atoms with E-state index in [4.69, 9.17) is 24.9 Å². The number of nitrogens with zero attached hydrogens (tertiary/aromatic N) is 7. The van der Waals surface area contributed by atoms with Gasteiger partial charge >= 0.3 is 0 Å². The first kappa shape index (κ1) is 48.9. The van der Waals surface area contributed by atoms with Crippen molar-refractivity contribution < 1.29 is 5.11 Å². The van der Waals surface area contributed by atoms with E-state index in [0.29, 0.717) is 35.7 Å². The van der Waals surface area contributed by atoms with Crippen LogP contribution in [0.2, 0.25) is 0 Å². The van der Waals surface area contributed by atoms with Crippen molar-refractivity contribution in [3.8, 4) is 78.7 Å². The van der Waals surface area contributed by atoms with Crippen molar-refractivity contribution in [2.24, 2.45) is 15.0 Å². The third kappa shape index (κ3) is 9.99. The Morgan fingerprint density at radius 3 is 1.44 bits per heavy atom. The highest BCUT2D eigenvalue weighted by molar-refractivity contribution is 6.13. The van der Waals surface area contributed by atoms with Crippen LogP contribution in [0.3, 0.4) is 0 Å². The van der Waals surface area contributed by atoms with Gasteiger partial charge in [0.1, 0.15) is 0 Å². The van der Waals surface area contributed by atoms with Gasteiger partial charge in [-0.25, -0.2) is 24.9 Å². The van der Waals surface area contributed by atoms with E-state index in [1.165, 1.54) is 0 Å². The number of aromatic nitrogens is 3. The number of fused-ring (bicyclic) bond motifs is 5. The van der Waals surface area contributed by atoms with Gasteiger partial charge in [-0.15, -0.1) is 0 Å². The predicted octanol–water partition coefficient (Wildman–Crippen LogP) is 16.6. The molecule has 0 unspecified atom stereocenters. The second-order valence-corrected chi connectivity index (χ2v) is 19.7. The summed E-state index contributed by atoms with van der Waals surface area (Å²) in [6, 6.07) is 87.2. The number of benzene rings is 10. The van der Waals surface area contributed by atoms with Crippen LogP contribution >= 0.6 is 0 Å². The van der Waals surface area contributed by atoms with Crippen LogP contribution in [-0.2, 0) is 12.1 Å². The molecular weight excluding hydrogens is 955 g/mol. The van der Waals surface area contributed by atoms with Crippen molar-refractivity contribution in [3.63, 3.8) is 0 Å². The van der Waals surface area contributed by atoms with Crippen molar-refractivity contribution in [3.05, 3.63) is 277 Å². The number of amidine groups is 2. The van der Waals surface area contributed by atoms with Crippen molar-refractivity contribution in [1.82, 2.24) is 15.0 Å². The van der Waals surface area contributed by atoms with Gasteiger partial charge in [0, 0.05) is 44.5 Å². The number of para-hydroxylation sites is 1. The highest BCUT2D eigenvalue weighted by Crippen LogP contribution is 2.53. The van der Waals surface area contributed by atoms with Gasteiger partial charge in [0.2, 0.25) is 0 Å². The largest absolute Gasteiger partial charge is 0.386 e. The summed E-state index contributed by atoms with van der Waals surface area (Å²) in [7, 11) is 0. The topological polar surface area (TPSA) is 99.2 Å². The number of rotatable bonds is 11. The minimum Gasteiger partial charge on any atom is -0.386 e. The molecule has 1 aliphatic rings. The summed E-state index contributed by atoms with van der Waals surface area (Å²) in [5.41, 5.74) is 16.3. The first-order chi connectivity index (χ1) is 38.3. The summed E-state index contributed by atoms with van der Waals surface area (Å²) in [5.74, 6) is 2.86. The van der Waals surface area contributed by atoms with Gasteiger partial charge in [-0.3, -0.25) is 4.99 Å². The van der Waals surface area contributed by atoms with Crippen LogP contribution in [0.1, 0.15) is 36.1 Å². The SMILES string of the molecule is C=N/C(=N\C(=N/Cc1ccccc1)c1cccc(-c2ccc3c(c2)-c2ccccc2-c2cc(-c4cccc(-c5nc(-c6ccccc6)nc(-c6ccccc6)n5)c4)ccc2N3c2ccccc2C(C)(C)O)c1)c1ccccc1. The van der Waals surface area contributed by atoms with Gasteiger partial charge in [0.05, 0.1) is 29.2 Å². The van der Waals surface area contributed by atoms with E-state index in [2.05, 4.69) is 144 Å². The summed E-state index contributed by atoms with van der Waals surface area (Å²) >= 11 is 0. The van der Waals surface area contributed by atoms with Crippen molar-refractivity contribution >= 4 is 35.5 Å². The normalized spacial score (nSPS) is 12.3. The molecular formula is C70H53N7O. The van der Waals surface area contributed by atoms with E-state index in [-0.39, 0.29) is 0 Å². The molecule has 8 heteroatoms. The average Bonchev–Trinajstić information content (AvgIpc) is 3.71. The molecule has 8 nitrogen and oxygen atoms in total. The lowest BCUT2D eigenvalue weighted by molar-refractivity contribution is 0.0792. The molecule has 11 aromatic rings. The van der Waals surface area contributed by atoms with Crippen LogP contribution in [0.25, 0.3) is 78.7 Å². The lowest BCUT2D eigenvalue weighted by Crippen LogP contribution is -2.21. The van der Waals surface area contributed by atoms with Gasteiger partial charge in [0.25, 0.3) is 0 Å². The Labute approximate surface area is 454 Å². The van der Waals surface area contributed by atoms with Crippen LogP contribution in [0.5, 0.6) is 0 Å². The molecule has 0 amide bonds. The van der Waals surface area contributed by atoms with Crippen LogP contribution in [-0.4, -0.2) is 38.4 Å². The Hall–Kier alpha value is -10.0. The molecule has 0 radical (unpaired) electrons. The summed E-state index contributed by atoms with van der Waals surface area (Å²) in [6.07, 6.45) is 0. The Morgan fingerprint density at radius 1 is 0.410 bits per heavy atom. The van der Waals surface area contributed by atoms with E-state index < -0.39 is 5.60 Å². The first-order valence-electron chi connectivity index (χ1n) is 26.0. The van der Waals surface area contributed by atoms with Crippen LogP contribution < -0.4 is 4.90 Å². The van der Waals surface area contributed by atoms with Crippen molar-refractivity contribution in [2.75, 3.05) is 4.90 Å². The van der Waals surface area contributed by atoms with E-state index >= 15 is 0 Å². The first-order valence-corrected chi connectivity index (χ1v) is 26.0. The maximum atomic E-state index is 11.8. The summed E-state index contributed by atoms with van der Waals surface area (Å²) in [4.78, 5) is 31.9. The highest BCUT2D eigenvalue weighted by atomic mass is 16.3. The fourth-order valence-electron chi connectivity index (χ4n) is 10.2. The van der Waals surface area contributed by atoms with Crippen molar-refractivity contribution in [1.29, 1.82) is 0 Å². The van der Waals surface area contributed by atoms with Gasteiger partial charge in [0.15, 0.2) is 29.1 Å². The monoisotopic (exact) mass is 1010 g/mol. The van der Waals surface area contributed by atoms with E-state index in [1.807, 2.05) is 141 Å². The Bertz CT molecular complexity index is 4000. The maximum absolute atomic E-state index is 11.8.